The maximum atomic E-state index is 13.6. The molecule has 4 rings (SSSR count). The molecule has 0 spiro atoms. The van der Waals surface area contributed by atoms with E-state index >= 15 is 0 Å². The summed E-state index contributed by atoms with van der Waals surface area (Å²) >= 11 is 2.98. The Morgan fingerprint density at radius 2 is 2.18 bits per heavy atom. The number of hydrogen-bond acceptors (Lipinski definition) is 5. The summed E-state index contributed by atoms with van der Waals surface area (Å²) in [7, 11) is 0. The van der Waals surface area contributed by atoms with Gasteiger partial charge in [-0.3, -0.25) is 9.59 Å². The van der Waals surface area contributed by atoms with Crippen LogP contribution in [0.2, 0.25) is 0 Å². The lowest BCUT2D eigenvalue weighted by atomic mass is 9.97. The summed E-state index contributed by atoms with van der Waals surface area (Å²) in [6.07, 6.45) is 4.27. The Bertz CT molecular complexity index is 1110. The number of benzene rings is 1. The first-order valence-electron chi connectivity index (χ1n) is 9.18. The van der Waals surface area contributed by atoms with Crippen LogP contribution in [0.15, 0.2) is 23.0 Å². The topological polar surface area (TPSA) is 74.8 Å². The Labute approximate surface area is 169 Å². The molecule has 2 aromatic heterocycles. The number of rotatable bonds is 5. The summed E-state index contributed by atoms with van der Waals surface area (Å²) in [6, 6.07) is 4.61. The van der Waals surface area contributed by atoms with E-state index in [1.807, 2.05) is 0 Å². The van der Waals surface area contributed by atoms with E-state index < -0.39 is 0 Å². The van der Waals surface area contributed by atoms with E-state index in [0.717, 1.165) is 29.5 Å². The zero-order valence-corrected chi connectivity index (χ0v) is 17.1. The van der Waals surface area contributed by atoms with E-state index in [-0.39, 0.29) is 23.0 Å². The minimum atomic E-state index is -0.348. The summed E-state index contributed by atoms with van der Waals surface area (Å²) in [5.74, 6) is 0.638. The third-order valence-corrected chi connectivity index (χ3v) is 6.93. The van der Waals surface area contributed by atoms with Gasteiger partial charge in [0, 0.05) is 10.6 Å². The number of aryl methyl sites for hydroxylation is 3. The number of nitrogens with zero attached hydrogens (tertiary/aromatic N) is 1. The van der Waals surface area contributed by atoms with Crippen LogP contribution in [0.4, 0.5) is 10.1 Å². The van der Waals surface area contributed by atoms with Crippen LogP contribution in [0.25, 0.3) is 10.2 Å². The fourth-order valence-electron chi connectivity index (χ4n) is 3.38. The third kappa shape index (κ3) is 3.98. The van der Waals surface area contributed by atoms with Gasteiger partial charge in [-0.25, -0.2) is 9.37 Å². The molecule has 0 bridgehead atoms. The Kier molecular flexibility index (Phi) is 5.50. The number of amides is 1. The Hall–Kier alpha value is -2.19. The summed E-state index contributed by atoms with van der Waals surface area (Å²) in [4.78, 5) is 34.1. The van der Waals surface area contributed by atoms with Gasteiger partial charge in [0.1, 0.15) is 16.5 Å². The highest BCUT2D eigenvalue weighted by molar-refractivity contribution is 7.99. The van der Waals surface area contributed by atoms with Crippen molar-refractivity contribution in [3.05, 3.63) is 56.2 Å². The second kappa shape index (κ2) is 8.05. The molecule has 0 saturated carbocycles. The zero-order chi connectivity index (χ0) is 19.7. The average Bonchev–Trinajstić information content (AvgIpc) is 3.03. The van der Waals surface area contributed by atoms with Gasteiger partial charge in [0.15, 0.2) is 0 Å². The quantitative estimate of drug-likeness (QED) is 0.653. The normalized spacial score (nSPS) is 13.5. The predicted molar refractivity (Wildman–Crippen MR) is 113 cm³/mol. The van der Waals surface area contributed by atoms with Crippen LogP contribution in [-0.2, 0) is 23.4 Å². The van der Waals surface area contributed by atoms with Gasteiger partial charge in [-0.15, -0.1) is 23.1 Å². The number of aromatic nitrogens is 2. The molecule has 0 fully saturated rings. The van der Waals surface area contributed by atoms with Gasteiger partial charge >= 0.3 is 0 Å². The molecule has 5 nitrogen and oxygen atoms in total. The number of H-pyrrole nitrogens is 1. The van der Waals surface area contributed by atoms with Crippen LogP contribution >= 0.6 is 23.1 Å². The van der Waals surface area contributed by atoms with E-state index in [9.17, 15) is 14.0 Å². The van der Waals surface area contributed by atoms with Crippen LogP contribution in [0.1, 0.15) is 34.7 Å². The van der Waals surface area contributed by atoms with E-state index in [0.29, 0.717) is 22.8 Å². The highest BCUT2D eigenvalue weighted by Crippen LogP contribution is 2.33. The minimum Gasteiger partial charge on any atom is -0.325 e. The second-order valence-electron chi connectivity index (χ2n) is 6.91. The lowest BCUT2D eigenvalue weighted by molar-refractivity contribution is -0.113. The maximum absolute atomic E-state index is 13.6. The number of fused-ring (bicyclic) bond motifs is 3. The standard InChI is InChI=1S/C20H20FN3O2S2/c1-11-6-7-12(8-14(11)21)22-17(25)10-27-9-16-23-19(26)18-13-4-2-3-5-15(13)28-20(18)24-16/h6-8H,2-5,9-10H2,1H3,(H,22,25)(H,23,24,26). The van der Waals surface area contributed by atoms with E-state index in [4.69, 9.17) is 0 Å². The molecular formula is C20H20FN3O2S2. The number of thiophene rings is 1. The number of anilines is 1. The molecule has 0 aliphatic heterocycles. The Morgan fingerprint density at radius 3 is 3.00 bits per heavy atom. The molecule has 2 heterocycles. The molecule has 3 aromatic rings. The van der Waals surface area contributed by atoms with Gasteiger partial charge in [-0.1, -0.05) is 6.07 Å². The van der Waals surface area contributed by atoms with Gasteiger partial charge in [0.25, 0.3) is 5.56 Å². The van der Waals surface area contributed by atoms with Crippen molar-refractivity contribution in [2.75, 3.05) is 11.1 Å². The van der Waals surface area contributed by atoms with Crippen LogP contribution in [0, 0.1) is 12.7 Å². The number of carbonyl (C=O) groups excluding carboxylic acids is 1. The van der Waals surface area contributed by atoms with Crippen LogP contribution in [-0.4, -0.2) is 21.6 Å². The highest BCUT2D eigenvalue weighted by atomic mass is 32.2. The molecule has 0 radical (unpaired) electrons. The largest absolute Gasteiger partial charge is 0.325 e. The van der Waals surface area contributed by atoms with Crippen molar-refractivity contribution in [1.82, 2.24) is 9.97 Å². The van der Waals surface area contributed by atoms with E-state index in [1.165, 1.54) is 34.7 Å². The van der Waals surface area contributed by atoms with Crippen molar-refractivity contribution in [2.24, 2.45) is 0 Å². The summed E-state index contributed by atoms with van der Waals surface area (Å²) in [6.45, 7) is 1.67. The minimum absolute atomic E-state index is 0.0837. The number of hydrogen-bond donors (Lipinski definition) is 2. The monoisotopic (exact) mass is 417 g/mol. The number of thioether (sulfide) groups is 1. The smallest absolute Gasteiger partial charge is 0.259 e. The van der Waals surface area contributed by atoms with Gasteiger partial charge in [-0.05, 0) is 55.9 Å². The van der Waals surface area contributed by atoms with Gasteiger partial charge in [0.05, 0.1) is 16.9 Å². The first-order valence-corrected chi connectivity index (χ1v) is 11.2. The molecule has 1 aliphatic carbocycles. The molecule has 1 aromatic carbocycles. The number of carbonyl (C=O) groups is 1. The van der Waals surface area contributed by atoms with Crippen molar-refractivity contribution in [1.29, 1.82) is 0 Å². The molecule has 0 atom stereocenters. The van der Waals surface area contributed by atoms with Gasteiger partial charge in [0.2, 0.25) is 5.91 Å². The molecule has 2 N–H and O–H groups in total. The average molecular weight is 418 g/mol. The molecule has 8 heteroatoms. The number of aromatic amines is 1. The van der Waals surface area contributed by atoms with Crippen LogP contribution in [0.3, 0.4) is 0 Å². The molecule has 1 amide bonds. The van der Waals surface area contributed by atoms with Gasteiger partial charge < -0.3 is 10.3 Å². The molecule has 1 aliphatic rings. The van der Waals surface area contributed by atoms with Crippen molar-refractivity contribution < 1.29 is 9.18 Å². The summed E-state index contributed by atoms with van der Waals surface area (Å²) in [5.41, 5.74) is 2.06. The molecule has 146 valence electrons. The fraction of sp³-hybridized carbons (Fsp3) is 0.350. The Morgan fingerprint density at radius 1 is 1.36 bits per heavy atom. The number of halogens is 1. The van der Waals surface area contributed by atoms with Crippen LogP contribution < -0.4 is 10.9 Å². The molecule has 0 unspecified atom stereocenters. The highest BCUT2D eigenvalue weighted by Gasteiger charge is 2.19. The van der Waals surface area contributed by atoms with E-state index in [2.05, 4.69) is 15.3 Å². The zero-order valence-electron chi connectivity index (χ0n) is 15.4. The van der Waals surface area contributed by atoms with Gasteiger partial charge in [-0.2, -0.15) is 0 Å². The first kappa shape index (κ1) is 19.1. The van der Waals surface area contributed by atoms with E-state index in [1.54, 1.807) is 30.4 Å². The third-order valence-electron chi connectivity index (χ3n) is 4.80. The molecule has 0 saturated heterocycles. The van der Waals surface area contributed by atoms with Crippen molar-refractivity contribution in [3.8, 4) is 0 Å². The number of nitrogens with one attached hydrogen (secondary N) is 2. The van der Waals surface area contributed by atoms with Crippen molar-refractivity contribution >= 4 is 44.9 Å². The van der Waals surface area contributed by atoms with Crippen molar-refractivity contribution in [2.45, 2.75) is 38.4 Å². The predicted octanol–water partition coefficient (Wildman–Crippen LogP) is 4.18. The lowest BCUT2D eigenvalue weighted by Gasteiger charge is -2.09. The van der Waals surface area contributed by atoms with Crippen LogP contribution in [0.5, 0.6) is 0 Å². The summed E-state index contributed by atoms with van der Waals surface area (Å²) in [5, 5.41) is 3.42. The lowest BCUT2D eigenvalue weighted by Crippen LogP contribution is -2.15. The fourth-order valence-corrected chi connectivity index (χ4v) is 5.36. The van der Waals surface area contributed by atoms with Crippen molar-refractivity contribution in [3.63, 3.8) is 0 Å². The SMILES string of the molecule is Cc1ccc(NC(=O)CSCc2nc3sc4c(c3c(=O)[nH]2)CCCC4)cc1F. The first-order chi connectivity index (χ1) is 13.5. The summed E-state index contributed by atoms with van der Waals surface area (Å²) < 4.78 is 13.6. The molecular weight excluding hydrogens is 397 g/mol. The molecule has 28 heavy (non-hydrogen) atoms. The second-order valence-corrected chi connectivity index (χ2v) is 8.98. The Balaban J connectivity index is 1.39. The maximum Gasteiger partial charge on any atom is 0.259 e.